The van der Waals surface area contributed by atoms with Gasteiger partial charge in [-0.05, 0) is 13.5 Å². The molecule has 116 valence electrons. The van der Waals surface area contributed by atoms with Crippen LogP contribution in [0, 0.1) is 17.8 Å². The van der Waals surface area contributed by atoms with Gasteiger partial charge in [-0.25, -0.2) is 0 Å². The highest BCUT2D eigenvalue weighted by atomic mass is 35.5. The van der Waals surface area contributed by atoms with E-state index in [4.69, 9.17) is 4.74 Å². The quantitative estimate of drug-likeness (QED) is 0.599. The van der Waals surface area contributed by atoms with Gasteiger partial charge in [-0.15, -0.1) is 12.4 Å². The molecular formula is C12H21ClN2O5. The Kier molecular flexibility index (Phi) is 7.52. The second kappa shape index (κ2) is 8.06. The first-order valence-corrected chi connectivity index (χ1v) is 6.14. The minimum absolute atomic E-state index is 0. The molecule has 7 nitrogen and oxygen atoms in total. The van der Waals surface area contributed by atoms with Gasteiger partial charge in [0.25, 0.3) is 0 Å². The summed E-state index contributed by atoms with van der Waals surface area (Å²) in [7, 11) is 2.93. The van der Waals surface area contributed by atoms with Gasteiger partial charge in [-0.3, -0.25) is 14.4 Å². The number of hydrogen-bond donors (Lipinski definition) is 3. The van der Waals surface area contributed by atoms with Crippen molar-refractivity contribution in [3.63, 3.8) is 0 Å². The van der Waals surface area contributed by atoms with E-state index in [2.05, 4.69) is 10.6 Å². The van der Waals surface area contributed by atoms with Gasteiger partial charge in [0.05, 0.1) is 18.9 Å². The fraction of sp³-hybridized carbons (Fsp3) is 0.750. The maximum absolute atomic E-state index is 11.7. The zero-order chi connectivity index (χ0) is 14.6. The predicted molar refractivity (Wildman–Crippen MR) is 73.5 cm³/mol. The van der Waals surface area contributed by atoms with Crippen LogP contribution in [-0.4, -0.2) is 49.7 Å². The fourth-order valence-corrected chi connectivity index (χ4v) is 2.77. The average Bonchev–Trinajstić information content (AvgIpc) is 2.73. The molecule has 1 amide bonds. The first-order valence-electron chi connectivity index (χ1n) is 6.14. The van der Waals surface area contributed by atoms with E-state index in [1.165, 1.54) is 14.0 Å². The third-order valence-corrected chi connectivity index (χ3v) is 3.66. The first-order chi connectivity index (χ1) is 8.92. The molecule has 0 aromatic heterocycles. The lowest BCUT2D eigenvalue weighted by Gasteiger charge is -2.24. The molecule has 0 bridgehead atoms. The van der Waals surface area contributed by atoms with E-state index >= 15 is 0 Å². The van der Waals surface area contributed by atoms with Crippen molar-refractivity contribution in [3.05, 3.63) is 0 Å². The second-order valence-electron chi connectivity index (χ2n) is 4.73. The van der Waals surface area contributed by atoms with Crippen LogP contribution in [0.5, 0.6) is 0 Å². The molecule has 1 saturated carbocycles. The number of carbonyl (C=O) groups is 3. The number of ether oxygens (including phenoxy) is 1. The molecule has 0 aromatic carbocycles. The molecule has 0 unspecified atom stereocenters. The number of esters is 1. The Balaban J connectivity index is 0.00000361. The highest BCUT2D eigenvalue weighted by Gasteiger charge is 2.49. The Hall–Kier alpha value is -1.34. The van der Waals surface area contributed by atoms with Crippen LogP contribution < -0.4 is 10.6 Å². The molecule has 0 aromatic rings. The smallest absolute Gasteiger partial charge is 0.309 e. The molecule has 1 rings (SSSR count). The molecule has 8 heteroatoms. The molecule has 1 aliphatic rings. The molecule has 0 aliphatic heterocycles. The summed E-state index contributed by atoms with van der Waals surface area (Å²) in [5.41, 5.74) is 0. The van der Waals surface area contributed by atoms with Crippen molar-refractivity contribution < 1.29 is 24.2 Å². The Morgan fingerprint density at radius 2 is 1.90 bits per heavy atom. The minimum Gasteiger partial charge on any atom is -0.481 e. The number of amides is 1. The predicted octanol–water partition coefficient (Wildman–Crippen LogP) is -0.358. The molecule has 0 heterocycles. The average molecular weight is 309 g/mol. The highest BCUT2D eigenvalue weighted by molar-refractivity contribution is 5.85. The third kappa shape index (κ3) is 4.08. The summed E-state index contributed by atoms with van der Waals surface area (Å²) < 4.78 is 4.72. The number of carbonyl (C=O) groups excluding carboxylic acids is 2. The Labute approximate surface area is 123 Å². The van der Waals surface area contributed by atoms with Gasteiger partial charge in [0.1, 0.15) is 0 Å². The van der Waals surface area contributed by atoms with Gasteiger partial charge < -0.3 is 20.5 Å². The minimum atomic E-state index is -0.946. The summed E-state index contributed by atoms with van der Waals surface area (Å²) >= 11 is 0. The van der Waals surface area contributed by atoms with Crippen LogP contribution in [-0.2, 0) is 19.1 Å². The van der Waals surface area contributed by atoms with E-state index in [1.54, 1.807) is 7.05 Å². The molecule has 3 N–H and O–H groups in total. The summed E-state index contributed by atoms with van der Waals surface area (Å²) in [5.74, 6) is -3.05. The van der Waals surface area contributed by atoms with Crippen molar-refractivity contribution in [2.75, 3.05) is 20.7 Å². The lowest BCUT2D eigenvalue weighted by atomic mass is 9.93. The number of carboxylic acids is 1. The number of rotatable bonds is 5. The molecule has 1 fully saturated rings. The van der Waals surface area contributed by atoms with Crippen molar-refractivity contribution in [3.8, 4) is 0 Å². The standard InChI is InChI=1S/C12H20N2O5.ClH/c1-6(15)14-5-9-7(12(18)19-3)4-8(11(16)17)10(9)13-2;/h7-10,13H,4-5H2,1-3H3,(H,14,15)(H,16,17);1H/t7-,8+,9+,10-;/m1./s1. The monoisotopic (exact) mass is 308 g/mol. The molecule has 20 heavy (non-hydrogen) atoms. The Morgan fingerprint density at radius 3 is 2.30 bits per heavy atom. The van der Waals surface area contributed by atoms with E-state index < -0.39 is 23.8 Å². The van der Waals surface area contributed by atoms with Gasteiger partial charge in [0.15, 0.2) is 0 Å². The second-order valence-corrected chi connectivity index (χ2v) is 4.73. The van der Waals surface area contributed by atoms with E-state index in [0.717, 1.165) is 0 Å². The maximum Gasteiger partial charge on any atom is 0.309 e. The number of methoxy groups -OCH3 is 1. The molecule has 0 spiro atoms. The Bertz CT molecular complexity index is 377. The van der Waals surface area contributed by atoms with Crippen molar-refractivity contribution in [1.82, 2.24) is 10.6 Å². The van der Waals surface area contributed by atoms with Gasteiger partial charge in [0, 0.05) is 25.4 Å². The summed E-state index contributed by atoms with van der Waals surface area (Å²) in [6, 6.07) is -0.367. The van der Waals surface area contributed by atoms with E-state index in [0.29, 0.717) is 0 Å². The van der Waals surface area contributed by atoms with Crippen molar-refractivity contribution >= 4 is 30.3 Å². The van der Waals surface area contributed by atoms with Crippen molar-refractivity contribution in [1.29, 1.82) is 0 Å². The summed E-state index contributed by atoms with van der Waals surface area (Å²) in [6.07, 6.45) is 0.220. The lowest BCUT2D eigenvalue weighted by molar-refractivity contribution is -0.147. The van der Waals surface area contributed by atoms with Crippen LogP contribution in [0.4, 0.5) is 0 Å². The van der Waals surface area contributed by atoms with E-state index in [1.807, 2.05) is 0 Å². The maximum atomic E-state index is 11.7. The lowest BCUT2D eigenvalue weighted by Crippen LogP contribution is -2.44. The Morgan fingerprint density at radius 1 is 1.30 bits per heavy atom. The van der Waals surface area contributed by atoms with Gasteiger partial charge in [0.2, 0.25) is 5.91 Å². The summed E-state index contributed by atoms with van der Waals surface area (Å²) in [6.45, 7) is 1.63. The summed E-state index contributed by atoms with van der Waals surface area (Å²) in [4.78, 5) is 34.0. The largest absolute Gasteiger partial charge is 0.481 e. The molecule has 0 saturated heterocycles. The summed E-state index contributed by atoms with van der Waals surface area (Å²) in [5, 5.41) is 14.8. The zero-order valence-electron chi connectivity index (χ0n) is 11.7. The van der Waals surface area contributed by atoms with Crippen molar-refractivity contribution in [2.45, 2.75) is 19.4 Å². The highest BCUT2D eigenvalue weighted by Crippen LogP contribution is 2.37. The van der Waals surface area contributed by atoms with Crippen LogP contribution in [0.1, 0.15) is 13.3 Å². The molecular weight excluding hydrogens is 288 g/mol. The molecule has 1 aliphatic carbocycles. The SMILES string of the molecule is CN[C@H]1[C@@H](CNC(C)=O)[C@H](C(=O)OC)C[C@@H]1C(=O)O.Cl. The van der Waals surface area contributed by atoms with Crippen LogP contribution >= 0.6 is 12.4 Å². The van der Waals surface area contributed by atoms with E-state index in [9.17, 15) is 19.5 Å². The topological polar surface area (TPSA) is 105 Å². The van der Waals surface area contributed by atoms with Gasteiger partial charge in [-0.1, -0.05) is 0 Å². The van der Waals surface area contributed by atoms with Crippen LogP contribution in [0.2, 0.25) is 0 Å². The first kappa shape index (κ1) is 18.7. The molecule has 4 atom stereocenters. The number of carboxylic acid groups (broad SMARTS) is 1. The van der Waals surface area contributed by atoms with Crippen LogP contribution in [0.25, 0.3) is 0 Å². The van der Waals surface area contributed by atoms with Gasteiger partial charge >= 0.3 is 11.9 Å². The normalized spacial score (nSPS) is 28.4. The number of halogens is 1. The van der Waals surface area contributed by atoms with Crippen LogP contribution in [0.3, 0.4) is 0 Å². The van der Waals surface area contributed by atoms with Crippen LogP contribution in [0.15, 0.2) is 0 Å². The fourth-order valence-electron chi connectivity index (χ4n) is 2.77. The number of nitrogens with one attached hydrogen (secondary N) is 2. The van der Waals surface area contributed by atoms with Crippen molar-refractivity contribution in [2.24, 2.45) is 17.8 Å². The van der Waals surface area contributed by atoms with Gasteiger partial charge in [-0.2, -0.15) is 0 Å². The number of hydrogen-bond acceptors (Lipinski definition) is 5. The zero-order valence-corrected chi connectivity index (χ0v) is 12.5. The molecule has 0 radical (unpaired) electrons. The van der Waals surface area contributed by atoms with E-state index in [-0.39, 0.29) is 43.2 Å². The third-order valence-electron chi connectivity index (χ3n) is 3.66. The number of aliphatic carboxylic acids is 1.